The number of carbonyl (C=O) groups is 1. The maximum atomic E-state index is 12.9. The van der Waals surface area contributed by atoms with E-state index in [-0.39, 0.29) is 5.91 Å². The number of fused-ring (bicyclic) bond motifs is 1. The third-order valence-electron chi connectivity index (χ3n) is 7.71. The lowest BCUT2D eigenvalue weighted by Gasteiger charge is -2.34. The molecule has 2 aliphatic rings. The van der Waals surface area contributed by atoms with Crippen LogP contribution in [0.25, 0.3) is 22.2 Å². The van der Waals surface area contributed by atoms with Crippen LogP contribution in [-0.4, -0.2) is 61.2 Å². The van der Waals surface area contributed by atoms with Crippen molar-refractivity contribution in [2.45, 2.75) is 65.2 Å². The van der Waals surface area contributed by atoms with Crippen molar-refractivity contribution in [3.05, 3.63) is 52.8 Å². The molecule has 192 valence electrons. The number of aromatic nitrogens is 2. The first-order valence-corrected chi connectivity index (χ1v) is 14.6. The molecule has 1 aromatic carbocycles. The predicted molar refractivity (Wildman–Crippen MR) is 147 cm³/mol. The lowest BCUT2D eigenvalue weighted by atomic mass is 9.87. The Morgan fingerprint density at radius 2 is 1.81 bits per heavy atom. The number of hydrogen-bond acceptors (Lipinski definition) is 3. The van der Waals surface area contributed by atoms with Crippen LogP contribution in [0.5, 0.6) is 0 Å². The van der Waals surface area contributed by atoms with Gasteiger partial charge in [0, 0.05) is 53.2 Å². The predicted octanol–water partition coefficient (Wildman–Crippen LogP) is 5.44. The van der Waals surface area contributed by atoms with Crippen molar-refractivity contribution < 1.29 is 9.00 Å². The monoisotopic (exact) mass is 506 g/mol. The summed E-state index contributed by atoms with van der Waals surface area (Å²) in [6.07, 6.45) is 3.97. The fraction of sp³-hybridized carbons (Fsp3) is 0.517. The highest BCUT2D eigenvalue weighted by Gasteiger charge is 2.28. The Morgan fingerprint density at radius 1 is 1.08 bits per heavy atom. The summed E-state index contributed by atoms with van der Waals surface area (Å²) in [5.74, 6) is 1.65. The molecule has 1 atom stereocenters. The fourth-order valence-electron chi connectivity index (χ4n) is 5.90. The summed E-state index contributed by atoms with van der Waals surface area (Å²) in [5, 5.41) is 1.30. The van der Waals surface area contributed by atoms with Gasteiger partial charge in [-0.1, -0.05) is 19.9 Å². The maximum absolute atomic E-state index is 12.9. The normalized spacial score (nSPS) is 19.9. The quantitative estimate of drug-likeness (QED) is 0.501. The van der Waals surface area contributed by atoms with Crippen molar-refractivity contribution in [2.24, 2.45) is 0 Å². The second-order valence-electron chi connectivity index (χ2n) is 10.8. The molecule has 0 radical (unpaired) electrons. The van der Waals surface area contributed by atoms with E-state index in [9.17, 15) is 9.00 Å². The highest BCUT2D eigenvalue weighted by molar-refractivity contribution is 7.82. The van der Waals surface area contributed by atoms with Gasteiger partial charge in [-0.2, -0.15) is 0 Å². The molecule has 2 fully saturated rings. The molecule has 36 heavy (non-hydrogen) atoms. The first-order valence-electron chi connectivity index (χ1n) is 13.3. The molecule has 5 rings (SSSR count). The van der Waals surface area contributed by atoms with E-state index in [1.54, 1.807) is 0 Å². The highest BCUT2D eigenvalue weighted by Crippen LogP contribution is 2.38. The average molecular weight is 507 g/mol. The van der Waals surface area contributed by atoms with Gasteiger partial charge < -0.3 is 9.88 Å². The molecule has 1 unspecified atom stereocenters. The molecular formula is C29H38N4O2S. The second kappa shape index (κ2) is 10.5. The van der Waals surface area contributed by atoms with Gasteiger partial charge >= 0.3 is 0 Å². The van der Waals surface area contributed by atoms with E-state index in [0.717, 1.165) is 56.7 Å². The highest BCUT2D eigenvalue weighted by atomic mass is 32.2. The average Bonchev–Trinajstić information content (AvgIpc) is 3.24. The van der Waals surface area contributed by atoms with Gasteiger partial charge in [-0.25, -0.2) is 8.51 Å². The van der Waals surface area contributed by atoms with Crippen LogP contribution in [0.1, 0.15) is 73.9 Å². The molecule has 4 heterocycles. The van der Waals surface area contributed by atoms with Crippen LogP contribution in [0.4, 0.5) is 0 Å². The second-order valence-corrected chi connectivity index (χ2v) is 12.3. The smallest absolute Gasteiger partial charge is 0.237 e. The van der Waals surface area contributed by atoms with Gasteiger partial charge in [0.05, 0.1) is 23.2 Å². The number of aromatic amines is 1. The number of likely N-dealkylation sites (tertiary alicyclic amines) is 1. The fourth-order valence-corrected chi connectivity index (χ4v) is 7.20. The molecule has 2 aromatic heterocycles. The van der Waals surface area contributed by atoms with Gasteiger partial charge in [-0.15, -0.1) is 0 Å². The number of rotatable bonds is 5. The number of benzene rings is 1. The van der Waals surface area contributed by atoms with Crippen LogP contribution >= 0.6 is 0 Å². The zero-order valence-electron chi connectivity index (χ0n) is 22.0. The summed E-state index contributed by atoms with van der Waals surface area (Å²) in [6, 6.07) is 11.2. The SMILES string of the molecule is Cc1cc(-c2[nH]c3ccc(C4CCN(C(=O)CN5CCCCS5=O)CC4)cc3c2C(C)C)cc(C)n1. The molecule has 6 nitrogen and oxygen atoms in total. The largest absolute Gasteiger partial charge is 0.354 e. The van der Waals surface area contributed by atoms with Crippen LogP contribution in [0.3, 0.4) is 0 Å². The van der Waals surface area contributed by atoms with Crippen molar-refractivity contribution in [1.29, 1.82) is 0 Å². The van der Waals surface area contributed by atoms with E-state index < -0.39 is 11.0 Å². The standard InChI is InChI=1S/C29H38N4O2S/c1-19(2)28-25-17-23(7-8-26(25)31-29(28)24-15-20(3)30-21(4)16-24)22-9-12-32(13-10-22)27(34)18-33-11-5-6-14-36(33)35/h7-8,15-17,19,22,31H,5-6,9-14,18H2,1-4H3. The van der Waals surface area contributed by atoms with Gasteiger partial charge in [-0.05, 0) is 86.8 Å². The number of nitrogens with zero attached hydrogens (tertiary/aromatic N) is 3. The topological polar surface area (TPSA) is 69.3 Å². The Kier molecular flexibility index (Phi) is 7.31. The Bertz CT molecular complexity index is 1270. The molecule has 1 amide bonds. The molecule has 3 aromatic rings. The number of H-pyrrole nitrogens is 1. The van der Waals surface area contributed by atoms with E-state index in [1.807, 2.05) is 9.21 Å². The van der Waals surface area contributed by atoms with Crippen molar-refractivity contribution in [2.75, 3.05) is 31.9 Å². The number of amides is 1. The van der Waals surface area contributed by atoms with Crippen molar-refractivity contribution in [3.63, 3.8) is 0 Å². The van der Waals surface area contributed by atoms with Gasteiger partial charge in [0.25, 0.3) is 0 Å². The summed E-state index contributed by atoms with van der Waals surface area (Å²) in [6.45, 7) is 11.2. The van der Waals surface area contributed by atoms with Gasteiger partial charge in [0.1, 0.15) is 0 Å². The molecule has 2 aliphatic heterocycles. The molecule has 0 aliphatic carbocycles. The molecule has 0 bridgehead atoms. The van der Waals surface area contributed by atoms with Crippen molar-refractivity contribution >= 4 is 27.8 Å². The Labute approximate surface area is 217 Å². The summed E-state index contributed by atoms with van der Waals surface area (Å²) < 4.78 is 14.1. The zero-order chi connectivity index (χ0) is 25.4. The number of aryl methyl sites for hydroxylation is 2. The molecule has 2 saturated heterocycles. The van der Waals surface area contributed by atoms with Crippen molar-refractivity contribution in [1.82, 2.24) is 19.2 Å². The van der Waals surface area contributed by atoms with E-state index in [4.69, 9.17) is 0 Å². The first-order chi connectivity index (χ1) is 17.3. The van der Waals surface area contributed by atoms with E-state index in [2.05, 4.69) is 68.0 Å². The Hall–Kier alpha value is -2.51. The minimum absolute atomic E-state index is 0.125. The van der Waals surface area contributed by atoms with Crippen LogP contribution in [0.2, 0.25) is 0 Å². The maximum Gasteiger partial charge on any atom is 0.237 e. The summed E-state index contributed by atoms with van der Waals surface area (Å²) in [5.41, 5.74) is 8.36. The van der Waals surface area contributed by atoms with Crippen molar-refractivity contribution in [3.8, 4) is 11.3 Å². The van der Waals surface area contributed by atoms with E-state index >= 15 is 0 Å². The summed E-state index contributed by atoms with van der Waals surface area (Å²) in [4.78, 5) is 23.1. The number of nitrogens with one attached hydrogen (secondary N) is 1. The van der Waals surface area contributed by atoms with Gasteiger partial charge in [0.15, 0.2) is 0 Å². The van der Waals surface area contributed by atoms with E-state index in [1.165, 1.54) is 33.3 Å². The number of carbonyl (C=O) groups excluding carboxylic acids is 1. The minimum atomic E-state index is -0.995. The lowest BCUT2D eigenvalue weighted by molar-refractivity contribution is -0.132. The third kappa shape index (κ3) is 5.14. The Balaban J connectivity index is 1.34. The molecule has 0 saturated carbocycles. The molecule has 0 spiro atoms. The third-order valence-corrected chi connectivity index (χ3v) is 9.23. The molecular weight excluding hydrogens is 468 g/mol. The first kappa shape index (κ1) is 25.2. The van der Waals surface area contributed by atoms with Crippen LogP contribution in [0.15, 0.2) is 30.3 Å². The summed E-state index contributed by atoms with van der Waals surface area (Å²) >= 11 is 0. The van der Waals surface area contributed by atoms with E-state index in [0.29, 0.717) is 24.1 Å². The van der Waals surface area contributed by atoms with Crippen LogP contribution in [-0.2, 0) is 15.8 Å². The number of hydrogen-bond donors (Lipinski definition) is 1. The van der Waals surface area contributed by atoms with Crippen LogP contribution < -0.4 is 0 Å². The molecule has 7 heteroatoms. The Morgan fingerprint density at radius 3 is 2.47 bits per heavy atom. The number of piperidine rings is 1. The van der Waals surface area contributed by atoms with Crippen LogP contribution in [0, 0.1) is 13.8 Å². The molecule has 1 N–H and O–H groups in total. The lowest BCUT2D eigenvalue weighted by Crippen LogP contribution is -2.45. The van der Waals surface area contributed by atoms with Gasteiger partial charge in [0.2, 0.25) is 5.91 Å². The van der Waals surface area contributed by atoms with Gasteiger partial charge in [-0.3, -0.25) is 9.78 Å². The summed E-state index contributed by atoms with van der Waals surface area (Å²) in [7, 11) is -0.995. The zero-order valence-corrected chi connectivity index (χ0v) is 22.8. The number of pyridine rings is 1. The minimum Gasteiger partial charge on any atom is -0.354 e.